The molecule has 1 atom stereocenters. The Labute approximate surface area is 191 Å². The van der Waals surface area contributed by atoms with E-state index in [-0.39, 0.29) is 28.7 Å². The summed E-state index contributed by atoms with van der Waals surface area (Å²) >= 11 is 7.11. The summed E-state index contributed by atoms with van der Waals surface area (Å²) in [7, 11) is 0. The summed E-state index contributed by atoms with van der Waals surface area (Å²) in [5.41, 5.74) is 11.2. The SMILES string of the molecule is CCC[C@@H](C(=O)NC(C)(C)C)N(Cc1ccccc1Cl)C(=O)c1snc(C(N)=O)c1N. The van der Waals surface area contributed by atoms with E-state index in [0.717, 1.165) is 11.5 Å². The van der Waals surface area contributed by atoms with Gasteiger partial charge in [0.25, 0.3) is 11.8 Å². The van der Waals surface area contributed by atoms with Gasteiger partial charge in [-0.2, -0.15) is 4.37 Å². The normalized spacial score (nSPS) is 12.3. The number of nitrogens with zero attached hydrogens (tertiary/aromatic N) is 2. The van der Waals surface area contributed by atoms with Crippen molar-refractivity contribution in [3.8, 4) is 0 Å². The number of carbonyl (C=O) groups excluding carboxylic acids is 3. The van der Waals surface area contributed by atoms with Crippen LogP contribution < -0.4 is 16.8 Å². The molecule has 0 radical (unpaired) electrons. The number of nitrogens with two attached hydrogens (primary N) is 2. The molecule has 3 amide bonds. The maximum atomic E-state index is 13.5. The molecule has 8 nitrogen and oxygen atoms in total. The first-order valence-corrected chi connectivity index (χ1v) is 11.0. The molecule has 1 heterocycles. The fourth-order valence-electron chi connectivity index (χ4n) is 3.05. The molecular weight excluding hydrogens is 438 g/mol. The second kappa shape index (κ2) is 10.1. The van der Waals surface area contributed by atoms with Gasteiger partial charge in [0.2, 0.25) is 5.91 Å². The first-order valence-electron chi connectivity index (χ1n) is 9.87. The van der Waals surface area contributed by atoms with E-state index in [1.165, 1.54) is 4.90 Å². The molecule has 0 aliphatic rings. The average molecular weight is 466 g/mol. The number of benzene rings is 1. The van der Waals surface area contributed by atoms with Gasteiger partial charge in [0.05, 0.1) is 5.69 Å². The summed E-state index contributed by atoms with van der Waals surface area (Å²) < 4.78 is 3.92. The van der Waals surface area contributed by atoms with Crippen LogP contribution in [0.2, 0.25) is 5.02 Å². The van der Waals surface area contributed by atoms with Gasteiger partial charge in [0, 0.05) is 17.1 Å². The molecule has 0 aliphatic heterocycles. The van der Waals surface area contributed by atoms with Crippen LogP contribution in [0.5, 0.6) is 0 Å². The van der Waals surface area contributed by atoms with Crippen LogP contribution >= 0.6 is 23.1 Å². The van der Waals surface area contributed by atoms with E-state index in [0.29, 0.717) is 23.4 Å². The largest absolute Gasteiger partial charge is 0.395 e. The second-order valence-corrected chi connectivity index (χ2v) is 9.39. The zero-order valence-electron chi connectivity index (χ0n) is 18.1. The summed E-state index contributed by atoms with van der Waals surface area (Å²) in [4.78, 5) is 39.7. The molecule has 0 aliphatic carbocycles. The van der Waals surface area contributed by atoms with Gasteiger partial charge in [-0.05, 0) is 50.4 Å². The van der Waals surface area contributed by atoms with Gasteiger partial charge < -0.3 is 21.7 Å². The van der Waals surface area contributed by atoms with Crippen LogP contribution in [0.4, 0.5) is 5.69 Å². The highest BCUT2D eigenvalue weighted by molar-refractivity contribution is 7.09. The highest BCUT2D eigenvalue weighted by Crippen LogP contribution is 2.27. The fourth-order valence-corrected chi connectivity index (χ4v) is 4.00. The Hall–Kier alpha value is -2.65. The number of anilines is 1. The molecule has 0 saturated carbocycles. The highest BCUT2D eigenvalue weighted by Gasteiger charge is 2.34. The molecular formula is C21H28ClN5O3S. The smallest absolute Gasteiger partial charge is 0.270 e. The van der Waals surface area contributed by atoms with E-state index in [2.05, 4.69) is 9.69 Å². The quantitative estimate of drug-likeness (QED) is 0.550. The molecule has 31 heavy (non-hydrogen) atoms. The number of hydrogen-bond donors (Lipinski definition) is 3. The molecule has 168 valence electrons. The number of amides is 3. The maximum absolute atomic E-state index is 13.5. The van der Waals surface area contributed by atoms with Gasteiger partial charge >= 0.3 is 0 Å². The number of halogens is 1. The van der Waals surface area contributed by atoms with Gasteiger partial charge in [-0.1, -0.05) is 43.1 Å². The van der Waals surface area contributed by atoms with Crippen LogP contribution in [-0.4, -0.2) is 38.6 Å². The van der Waals surface area contributed by atoms with Gasteiger partial charge in [-0.3, -0.25) is 14.4 Å². The Morgan fingerprint density at radius 1 is 1.26 bits per heavy atom. The van der Waals surface area contributed by atoms with Crippen LogP contribution in [0, 0.1) is 0 Å². The van der Waals surface area contributed by atoms with Gasteiger partial charge in [0.15, 0.2) is 5.69 Å². The molecule has 1 aromatic heterocycles. The van der Waals surface area contributed by atoms with Crippen molar-refractivity contribution in [3.63, 3.8) is 0 Å². The third kappa shape index (κ3) is 6.18. The summed E-state index contributed by atoms with van der Waals surface area (Å²) in [6, 6.07) is 6.33. The predicted octanol–water partition coefficient (Wildman–Crippen LogP) is 3.20. The number of primary amides is 1. The second-order valence-electron chi connectivity index (χ2n) is 8.21. The van der Waals surface area contributed by atoms with E-state index >= 15 is 0 Å². The number of aromatic nitrogens is 1. The summed E-state index contributed by atoms with van der Waals surface area (Å²) in [6.45, 7) is 7.63. The third-order valence-electron chi connectivity index (χ3n) is 4.45. The molecule has 0 spiro atoms. The van der Waals surface area contributed by atoms with Crippen LogP contribution in [0.1, 0.15) is 66.3 Å². The summed E-state index contributed by atoms with van der Waals surface area (Å²) in [5, 5.41) is 3.42. The van der Waals surface area contributed by atoms with Crippen molar-refractivity contribution >= 4 is 46.5 Å². The van der Waals surface area contributed by atoms with E-state index in [4.69, 9.17) is 23.1 Å². The lowest BCUT2D eigenvalue weighted by atomic mass is 10.0. The molecule has 1 aromatic carbocycles. The van der Waals surface area contributed by atoms with Gasteiger partial charge in [0.1, 0.15) is 10.9 Å². The Balaban J connectivity index is 2.52. The third-order valence-corrected chi connectivity index (χ3v) is 5.67. The molecule has 0 bridgehead atoms. The van der Waals surface area contributed by atoms with Crippen molar-refractivity contribution in [2.75, 3.05) is 5.73 Å². The zero-order valence-corrected chi connectivity index (χ0v) is 19.6. The first kappa shape index (κ1) is 24.6. The number of nitrogen functional groups attached to an aromatic ring is 1. The molecule has 0 fully saturated rings. The standard InChI is InChI=1S/C21H28ClN5O3S/c1-5-8-14(19(29)25-21(2,3)4)27(11-12-9-6-7-10-13(12)22)20(30)17-15(23)16(18(24)28)26-31-17/h6-7,9-10,14H,5,8,11,23H2,1-4H3,(H2,24,28)(H,25,29)/t14-/m0/s1. The Morgan fingerprint density at radius 2 is 1.90 bits per heavy atom. The van der Waals surface area contributed by atoms with Gasteiger partial charge in [-0.15, -0.1) is 0 Å². The molecule has 10 heteroatoms. The molecule has 5 N–H and O–H groups in total. The maximum Gasteiger partial charge on any atom is 0.270 e. The molecule has 0 unspecified atom stereocenters. The topological polar surface area (TPSA) is 131 Å². The summed E-state index contributed by atoms with van der Waals surface area (Å²) in [5.74, 6) is -1.61. The lowest BCUT2D eigenvalue weighted by Gasteiger charge is -2.33. The Kier molecular flexibility index (Phi) is 8.02. The minimum Gasteiger partial charge on any atom is -0.395 e. The van der Waals surface area contributed by atoms with Crippen molar-refractivity contribution in [1.82, 2.24) is 14.6 Å². The van der Waals surface area contributed by atoms with Crippen molar-refractivity contribution in [1.29, 1.82) is 0 Å². The van der Waals surface area contributed by atoms with Crippen LogP contribution in [-0.2, 0) is 11.3 Å². The van der Waals surface area contributed by atoms with Crippen molar-refractivity contribution < 1.29 is 14.4 Å². The molecule has 2 rings (SSSR count). The number of carbonyl (C=O) groups is 3. The van der Waals surface area contributed by atoms with Crippen LogP contribution in [0.15, 0.2) is 24.3 Å². The van der Waals surface area contributed by atoms with E-state index < -0.39 is 23.4 Å². The highest BCUT2D eigenvalue weighted by atomic mass is 35.5. The predicted molar refractivity (Wildman–Crippen MR) is 123 cm³/mol. The van der Waals surface area contributed by atoms with Crippen molar-refractivity contribution in [3.05, 3.63) is 45.4 Å². The minimum absolute atomic E-state index is 0.0607. The Morgan fingerprint density at radius 3 is 2.42 bits per heavy atom. The number of nitrogens with one attached hydrogen (secondary N) is 1. The Bertz CT molecular complexity index is 970. The van der Waals surface area contributed by atoms with Gasteiger partial charge in [-0.25, -0.2) is 0 Å². The van der Waals surface area contributed by atoms with Crippen LogP contribution in [0.25, 0.3) is 0 Å². The monoisotopic (exact) mass is 465 g/mol. The molecule has 2 aromatic rings. The zero-order chi connectivity index (χ0) is 23.3. The number of hydrogen-bond acceptors (Lipinski definition) is 6. The minimum atomic E-state index is -0.818. The number of rotatable bonds is 8. The van der Waals surface area contributed by atoms with Crippen LogP contribution in [0.3, 0.4) is 0 Å². The summed E-state index contributed by atoms with van der Waals surface area (Å²) in [6.07, 6.45) is 1.10. The first-order chi connectivity index (χ1) is 14.5. The van der Waals surface area contributed by atoms with E-state index in [9.17, 15) is 14.4 Å². The lowest BCUT2D eigenvalue weighted by Crippen LogP contribution is -2.53. The lowest BCUT2D eigenvalue weighted by molar-refractivity contribution is -0.127. The van der Waals surface area contributed by atoms with E-state index in [1.807, 2.05) is 27.7 Å². The fraction of sp³-hybridized carbons (Fsp3) is 0.429. The van der Waals surface area contributed by atoms with E-state index in [1.54, 1.807) is 24.3 Å². The van der Waals surface area contributed by atoms with Crippen molar-refractivity contribution in [2.24, 2.45) is 5.73 Å². The van der Waals surface area contributed by atoms with Crippen molar-refractivity contribution in [2.45, 2.75) is 58.7 Å². The molecule has 0 saturated heterocycles. The average Bonchev–Trinajstić information content (AvgIpc) is 3.05.